The van der Waals surface area contributed by atoms with Gasteiger partial charge in [0.05, 0.1) is 0 Å². The van der Waals surface area contributed by atoms with Crippen LogP contribution >= 0.6 is 0 Å². The molecule has 0 spiro atoms. The maximum atomic E-state index is 12.0. The first-order chi connectivity index (χ1) is 9.20. The van der Waals surface area contributed by atoms with Gasteiger partial charge in [0.2, 0.25) is 0 Å². The van der Waals surface area contributed by atoms with Crippen LogP contribution in [0.3, 0.4) is 0 Å². The van der Waals surface area contributed by atoms with E-state index in [4.69, 9.17) is 0 Å². The number of aryl methyl sites for hydroxylation is 1. The molecule has 4 nitrogen and oxygen atoms in total. The highest BCUT2D eigenvalue weighted by atomic mass is 16.1. The number of rotatable bonds is 4. The average molecular weight is 255 g/mol. The lowest BCUT2D eigenvalue weighted by atomic mass is 10.1. The lowest BCUT2D eigenvalue weighted by Crippen LogP contribution is -2.24. The summed E-state index contributed by atoms with van der Waals surface area (Å²) in [5.74, 6) is 0.517. The van der Waals surface area contributed by atoms with Crippen LogP contribution in [-0.4, -0.2) is 17.9 Å². The maximum absolute atomic E-state index is 12.0. The third kappa shape index (κ3) is 3.31. The largest absolute Gasteiger partial charge is 0.373 e. The number of benzene rings is 1. The summed E-state index contributed by atoms with van der Waals surface area (Å²) in [6, 6.07) is 13.3. The molecule has 1 aromatic carbocycles. The van der Waals surface area contributed by atoms with Crippen LogP contribution in [0.15, 0.2) is 42.5 Å². The van der Waals surface area contributed by atoms with Crippen LogP contribution < -0.4 is 10.6 Å². The Morgan fingerprint density at radius 1 is 1.16 bits per heavy atom. The smallest absolute Gasteiger partial charge is 0.270 e. The Hall–Kier alpha value is -2.36. The minimum Gasteiger partial charge on any atom is -0.373 e. The Morgan fingerprint density at radius 2 is 1.95 bits per heavy atom. The molecule has 0 unspecified atom stereocenters. The predicted octanol–water partition coefficient (Wildman–Crippen LogP) is 2.36. The quantitative estimate of drug-likeness (QED) is 0.881. The minimum absolute atomic E-state index is 0.166. The predicted molar refractivity (Wildman–Crippen MR) is 76.1 cm³/mol. The molecule has 1 heterocycles. The molecule has 0 aliphatic heterocycles. The summed E-state index contributed by atoms with van der Waals surface area (Å²) in [6.07, 6.45) is 0. The van der Waals surface area contributed by atoms with E-state index in [1.807, 2.05) is 43.3 Å². The molecule has 2 rings (SSSR count). The van der Waals surface area contributed by atoms with Crippen LogP contribution in [0.1, 0.15) is 21.6 Å². The molecule has 0 saturated carbocycles. The van der Waals surface area contributed by atoms with Crippen LogP contribution in [0.4, 0.5) is 5.82 Å². The summed E-state index contributed by atoms with van der Waals surface area (Å²) in [6.45, 7) is 2.54. The summed E-state index contributed by atoms with van der Waals surface area (Å²) < 4.78 is 0. The second kappa shape index (κ2) is 6.00. The molecule has 2 aromatic rings. The van der Waals surface area contributed by atoms with Gasteiger partial charge in [-0.25, -0.2) is 4.98 Å². The highest BCUT2D eigenvalue weighted by Crippen LogP contribution is 2.07. The Morgan fingerprint density at radius 3 is 2.68 bits per heavy atom. The first-order valence-corrected chi connectivity index (χ1v) is 6.18. The summed E-state index contributed by atoms with van der Waals surface area (Å²) in [5.41, 5.74) is 2.70. The number of aromatic nitrogens is 1. The topological polar surface area (TPSA) is 54.0 Å². The average Bonchev–Trinajstić information content (AvgIpc) is 2.46. The molecule has 2 N–H and O–H groups in total. The first-order valence-electron chi connectivity index (χ1n) is 6.18. The molecule has 0 aliphatic rings. The third-order valence-corrected chi connectivity index (χ3v) is 2.94. The minimum atomic E-state index is -0.166. The van der Waals surface area contributed by atoms with Crippen LogP contribution in [0.2, 0.25) is 0 Å². The Kier molecular flexibility index (Phi) is 4.13. The molecule has 0 bridgehead atoms. The van der Waals surface area contributed by atoms with E-state index in [9.17, 15) is 4.79 Å². The van der Waals surface area contributed by atoms with Crippen molar-refractivity contribution in [3.63, 3.8) is 0 Å². The Bertz CT molecular complexity index is 581. The number of amides is 1. The Balaban J connectivity index is 2.03. The van der Waals surface area contributed by atoms with E-state index in [-0.39, 0.29) is 5.91 Å². The molecule has 1 amide bonds. The molecule has 0 saturated heterocycles. The zero-order valence-electron chi connectivity index (χ0n) is 11.1. The number of carbonyl (C=O) groups is 1. The van der Waals surface area contributed by atoms with E-state index >= 15 is 0 Å². The van der Waals surface area contributed by atoms with E-state index in [0.29, 0.717) is 18.1 Å². The van der Waals surface area contributed by atoms with E-state index in [2.05, 4.69) is 15.6 Å². The standard InChI is InChI=1S/C15H17N3O/c1-11-6-3-4-7-12(11)10-17-15(19)13-8-5-9-14(16-2)18-13/h3-9H,10H2,1-2H3,(H,16,18)(H,17,19). The summed E-state index contributed by atoms with van der Waals surface area (Å²) in [5, 5.41) is 5.79. The molecule has 98 valence electrons. The second-order valence-electron chi connectivity index (χ2n) is 4.27. The van der Waals surface area contributed by atoms with E-state index in [1.54, 1.807) is 13.1 Å². The first kappa shape index (κ1) is 13.1. The van der Waals surface area contributed by atoms with Crippen LogP contribution in [0, 0.1) is 6.92 Å². The van der Waals surface area contributed by atoms with Gasteiger partial charge in [-0.2, -0.15) is 0 Å². The number of hydrogen-bond acceptors (Lipinski definition) is 3. The molecule has 0 atom stereocenters. The summed E-state index contributed by atoms with van der Waals surface area (Å²) in [4.78, 5) is 16.2. The number of nitrogens with zero attached hydrogens (tertiary/aromatic N) is 1. The normalized spacial score (nSPS) is 10.0. The fourth-order valence-electron chi connectivity index (χ4n) is 1.77. The fourth-order valence-corrected chi connectivity index (χ4v) is 1.77. The number of hydrogen-bond donors (Lipinski definition) is 2. The van der Waals surface area contributed by atoms with Crippen molar-refractivity contribution in [2.45, 2.75) is 13.5 Å². The molecule has 4 heteroatoms. The van der Waals surface area contributed by atoms with Gasteiger partial charge in [0.1, 0.15) is 11.5 Å². The monoisotopic (exact) mass is 255 g/mol. The SMILES string of the molecule is CNc1cccc(C(=O)NCc2ccccc2C)n1. The molecule has 0 aliphatic carbocycles. The summed E-state index contributed by atoms with van der Waals surface area (Å²) >= 11 is 0. The van der Waals surface area contributed by atoms with Crippen molar-refractivity contribution in [1.82, 2.24) is 10.3 Å². The van der Waals surface area contributed by atoms with Crippen molar-refractivity contribution < 1.29 is 4.79 Å². The van der Waals surface area contributed by atoms with Crippen molar-refractivity contribution in [2.75, 3.05) is 12.4 Å². The zero-order chi connectivity index (χ0) is 13.7. The van der Waals surface area contributed by atoms with Gasteiger partial charge in [-0.1, -0.05) is 30.3 Å². The van der Waals surface area contributed by atoms with Gasteiger partial charge in [0.15, 0.2) is 0 Å². The van der Waals surface area contributed by atoms with Crippen molar-refractivity contribution in [3.8, 4) is 0 Å². The van der Waals surface area contributed by atoms with E-state index < -0.39 is 0 Å². The van der Waals surface area contributed by atoms with Crippen LogP contribution in [0.25, 0.3) is 0 Å². The third-order valence-electron chi connectivity index (χ3n) is 2.94. The lowest BCUT2D eigenvalue weighted by Gasteiger charge is -2.08. The highest BCUT2D eigenvalue weighted by molar-refractivity contribution is 5.92. The van der Waals surface area contributed by atoms with Gasteiger partial charge in [-0.05, 0) is 30.2 Å². The van der Waals surface area contributed by atoms with Gasteiger partial charge in [-0.3, -0.25) is 4.79 Å². The summed E-state index contributed by atoms with van der Waals surface area (Å²) in [7, 11) is 1.78. The molecule has 1 aromatic heterocycles. The number of nitrogens with one attached hydrogen (secondary N) is 2. The number of carbonyl (C=O) groups excluding carboxylic acids is 1. The molecular formula is C15H17N3O. The maximum Gasteiger partial charge on any atom is 0.270 e. The van der Waals surface area contributed by atoms with Crippen LogP contribution in [-0.2, 0) is 6.54 Å². The molecule has 0 radical (unpaired) electrons. The zero-order valence-corrected chi connectivity index (χ0v) is 11.1. The van der Waals surface area contributed by atoms with Gasteiger partial charge >= 0.3 is 0 Å². The molecule has 19 heavy (non-hydrogen) atoms. The highest BCUT2D eigenvalue weighted by Gasteiger charge is 2.07. The van der Waals surface area contributed by atoms with Gasteiger partial charge < -0.3 is 10.6 Å². The van der Waals surface area contributed by atoms with Crippen molar-refractivity contribution in [3.05, 3.63) is 59.3 Å². The van der Waals surface area contributed by atoms with E-state index in [1.165, 1.54) is 5.56 Å². The van der Waals surface area contributed by atoms with E-state index in [0.717, 1.165) is 5.56 Å². The van der Waals surface area contributed by atoms with Gasteiger partial charge in [0, 0.05) is 13.6 Å². The van der Waals surface area contributed by atoms with Crippen molar-refractivity contribution in [2.24, 2.45) is 0 Å². The van der Waals surface area contributed by atoms with Crippen LogP contribution in [0.5, 0.6) is 0 Å². The molecular weight excluding hydrogens is 238 g/mol. The van der Waals surface area contributed by atoms with Crippen molar-refractivity contribution >= 4 is 11.7 Å². The fraction of sp³-hybridized carbons (Fsp3) is 0.200. The Labute approximate surface area is 112 Å². The van der Waals surface area contributed by atoms with Gasteiger partial charge in [-0.15, -0.1) is 0 Å². The molecule has 0 fully saturated rings. The lowest BCUT2D eigenvalue weighted by molar-refractivity contribution is 0.0946. The second-order valence-corrected chi connectivity index (χ2v) is 4.27. The van der Waals surface area contributed by atoms with Crippen molar-refractivity contribution in [1.29, 1.82) is 0 Å². The number of anilines is 1. The van der Waals surface area contributed by atoms with Gasteiger partial charge in [0.25, 0.3) is 5.91 Å². The number of pyridine rings is 1.